The Kier molecular flexibility index (Phi) is 2.14. The summed E-state index contributed by atoms with van der Waals surface area (Å²) in [5, 5.41) is 11.7. The molecule has 0 saturated carbocycles. The van der Waals surface area contributed by atoms with Crippen molar-refractivity contribution in [2.45, 2.75) is 0 Å². The molecule has 0 aromatic carbocycles. The molecule has 72 valence electrons. The highest BCUT2D eigenvalue weighted by atomic mass is 15.6. The van der Waals surface area contributed by atoms with E-state index >= 15 is 0 Å². The van der Waals surface area contributed by atoms with E-state index in [0.717, 1.165) is 0 Å². The van der Waals surface area contributed by atoms with Gasteiger partial charge >= 0.3 is 0 Å². The van der Waals surface area contributed by atoms with Crippen LogP contribution in [0.2, 0.25) is 0 Å². The Morgan fingerprint density at radius 3 is 2.64 bits per heavy atom. The molecule has 0 unspecified atom stereocenters. The van der Waals surface area contributed by atoms with Crippen LogP contribution in [0.3, 0.4) is 0 Å². The van der Waals surface area contributed by atoms with Gasteiger partial charge in [-0.15, -0.1) is 5.10 Å². The van der Waals surface area contributed by atoms with E-state index in [-0.39, 0.29) is 5.96 Å². The highest BCUT2D eigenvalue weighted by Crippen LogP contribution is 1.83. The fourth-order valence-electron chi connectivity index (χ4n) is 0.905. The van der Waals surface area contributed by atoms with Crippen molar-refractivity contribution in [3.05, 3.63) is 36.9 Å². The Morgan fingerprint density at radius 2 is 2.00 bits per heavy atom. The lowest BCUT2D eigenvalue weighted by atomic mass is 10.8. The van der Waals surface area contributed by atoms with Crippen molar-refractivity contribution in [1.29, 1.82) is 0 Å². The lowest BCUT2D eigenvalue weighted by molar-refractivity contribution is 0.728. The predicted molar refractivity (Wildman–Crippen MR) is 50.8 cm³/mol. The summed E-state index contributed by atoms with van der Waals surface area (Å²) in [5.41, 5.74) is 8.31. The zero-order chi connectivity index (χ0) is 9.80. The topological polar surface area (TPSA) is 86.0 Å². The lowest BCUT2D eigenvalue weighted by Crippen LogP contribution is -2.31. The molecule has 0 aliphatic rings. The molecule has 14 heavy (non-hydrogen) atoms. The molecule has 2 aromatic heterocycles. The molecular formula is C7H9N7. The van der Waals surface area contributed by atoms with Gasteiger partial charge in [0.2, 0.25) is 5.96 Å². The quantitative estimate of drug-likeness (QED) is 0.490. The van der Waals surface area contributed by atoms with Crippen LogP contribution in [-0.2, 0) is 0 Å². The summed E-state index contributed by atoms with van der Waals surface area (Å²) in [6.07, 6.45) is 6.64. The minimum absolute atomic E-state index is 0.206. The zero-order valence-electron chi connectivity index (χ0n) is 7.28. The second-order valence-corrected chi connectivity index (χ2v) is 2.47. The van der Waals surface area contributed by atoms with Gasteiger partial charge in [-0.25, -0.2) is 5.43 Å². The largest absolute Gasteiger partial charge is 0.367 e. The maximum Gasteiger partial charge on any atom is 0.234 e. The van der Waals surface area contributed by atoms with Gasteiger partial charge in [0.1, 0.15) is 0 Å². The number of hydrogen-bond acceptors (Lipinski definition) is 3. The number of nitrogens with zero attached hydrogens (tertiary/aromatic N) is 5. The molecule has 0 aliphatic carbocycles. The molecule has 7 heteroatoms. The first-order chi connectivity index (χ1) is 6.84. The first kappa shape index (κ1) is 8.30. The Balaban J connectivity index is 2.06. The SMILES string of the molecule is NC(=Nn1cccn1)Nn1cccn1. The Bertz CT molecular complexity index is 399. The van der Waals surface area contributed by atoms with Gasteiger partial charge in [-0.2, -0.15) is 19.8 Å². The number of aromatic nitrogens is 4. The summed E-state index contributed by atoms with van der Waals surface area (Å²) < 4.78 is 0. The molecule has 0 amide bonds. The standard InChI is InChI=1S/C7H9N7/c8-7(11-13-5-1-3-9-13)12-14-6-2-4-10-14/h1-6H,(H3,8,11,12). The average molecular weight is 191 g/mol. The zero-order valence-corrected chi connectivity index (χ0v) is 7.28. The van der Waals surface area contributed by atoms with Crippen LogP contribution >= 0.6 is 0 Å². The fraction of sp³-hybridized carbons (Fsp3) is 0. The van der Waals surface area contributed by atoms with E-state index in [9.17, 15) is 0 Å². The van der Waals surface area contributed by atoms with E-state index in [0.29, 0.717) is 0 Å². The van der Waals surface area contributed by atoms with Gasteiger partial charge in [0.25, 0.3) is 0 Å². The van der Waals surface area contributed by atoms with Crippen molar-refractivity contribution < 1.29 is 0 Å². The van der Waals surface area contributed by atoms with Crippen LogP contribution in [-0.4, -0.2) is 25.7 Å². The maximum atomic E-state index is 5.57. The molecule has 0 atom stereocenters. The summed E-state index contributed by atoms with van der Waals surface area (Å²) in [6, 6.07) is 3.53. The highest BCUT2D eigenvalue weighted by molar-refractivity contribution is 5.85. The molecule has 0 saturated heterocycles. The Hall–Kier alpha value is -2.31. The van der Waals surface area contributed by atoms with Gasteiger partial charge in [-0.1, -0.05) is 0 Å². The molecule has 3 N–H and O–H groups in total. The van der Waals surface area contributed by atoms with E-state index in [4.69, 9.17) is 5.73 Å². The van der Waals surface area contributed by atoms with Crippen LogP contribution in [0, 0.1) is 0 Å². The van der Waals surface area contributed by atoms with Crippen LogP contribution in [0.15, 0.2) is 42.0 Å². The van der Waals surface area contributed by atoms with Gasteiger partial charge in [0.15, 0.2) is 0 Å². The van der Waals surface area contributed by atoms with Crippen molar-refractivity contribution in [3.63, 3.8) is 0 Å². The third-order valence-corrected chi connectivity index (χ3v) is 1.43. The Morgan fingerprint density at radius 1 is 1.21 bits per heavy atom. The number of nitrogens with one attached hydrogen (secondary N) is 1. The highest BCUT2D eigenvalue weighted by Gasteiger charge is 1.93. The van der Waals surface area contributed by atoms with E-state index in [1.54, 1.807) is 36.9 Å². The first-order valence-corrected chi connectivity index (χ1v) is 3.95. The van der Waals surface area contributed by atoms with Crippen LogP contribution < -0.4 is 11.2 Å². The number of rotatable bonds is 2. The Labute approximate surface area is 79.8 Å². The van der Waals surface area contributed by atoms with Gasteiger partial charge in [0, 0.05) is 6.20 Å². The third-order valence-electron chi connectivity index (χ3n) is 1.43. The van der Waals surface area contributed by atoms with Crippen LogP contribution in [0.1, 0.15) is 0 Å². The van der Waals surface area contributed by atoms with E-state index in [1.165, 1.54) is 9.58 Å². The van der Waals surface area contributed by atoms with E-state index in [2.05, 4.69) is 20.7 Å². The van der Waals surface area contributed by atoms with E-state index in [1.807, 2.05) is 0 Å². The van der Waals surface area contributed by atoms with Gasteiger partial charge in [-0.3, -0.25) is 0 Å². The van der Waals surface area contributed by atoms with Gasteiger partial charge in [0.05, 0.1) is 18.6 Å². The van der Waals surface area contributed by atoms with Crippen LogP contribution in [0.4, 0.5) is 0 Å². The molecule has 7 nitrogen and oxygen atoms in total. The minimum Gasteiger partial charge on any atom is -0.367 e. The van der Waals surface area contributed by atoms with E-state index < -0.39 is 0 Å². The number of nitrogens with two attached hydrogens (primary N) is 1. The van der Waals surface area contributed by atoms with Gasteiger partial charge < -0.3 is 5.73 Å². The first-order valence-electron chi connectivity index (χ1n) is 3.95. The number of hydrogen-bond donors (Lipinski definition) is 2. The molecule has 0 bridgehead atoms. The second-order valence-electron chi connectivity index (χ2n) is 2.47. The van der Waals surface area contributed by atoms with Crippen molar-refractivity contribution in [2.24, 2.45) is 10.8 Å². The van der Waals surface area contributed by atoms with Crippen molar-refractivity contribution in [3.8, 4) is 0 Å². The van der Waals surface area contributed by atoms with Crippen molar-refractivity contribution in [2.75, 3.05) is 5.43 Å². The molecule has 0 radical (unpaired) electrons. The third kappa shape index (κ3) is 1.89. The fourth-order valence-corrected chi connectivity index (χ4v) is 0.905. The molecule has 0 aliphatic heterocycles. The maximum absolute atomic E-state index is 5.57. The summed E-state index contributed by atoms with van der Waals surface area (Å²) in [4.78, 5) is 2.80. The summed E-state index contributed by atoms with van der Waals surface area (Å²) >= 11 is 0. The normalized spacial score (nSPS) is 11.6. The minimum atomic E-state index is 0.206. The summed E-state index contributed by atoms with van der Waals surface area (Å²) in [6.45, 7) is 0. The second kappa shape index (κ2) is 3.60. The van der Waals surface area contributed by atoms with Gasteiger partial charge in [-0.05, 0) is 12.1 Å². The van der Waals surface area contributed by atoms with Crippen LogP contribution in [0.5, 0.6) is 0 Å². The monoisotopic (exact) mass is 191 g/mol. The van der Waals surface area contributed by atoms with Crippen LogP contribution in [0.25, 0.3) is 0 Å². The lowest BCUT2D eigenvalue weighted by Gasteiger charge is -2.03. The molecule has 2 heterocycles. The van der Waals surface area contributed by atoms with Crippen molar-refractivity contribution in [1.82, 2.24) is 19.8 Å². The summed E-state index contributed by atoms with van der Waals surface area (Å²) in [7, 11) is 0. The smallest absolute Gasteiger partial charge is 0.234 e. The molecule has 0 spiro atoms. The molecular weight excluding hydrogens is 182 g/mol. The predicted octanol–water partition coefficient (Wildman–Crippen LogP) is -0.599. The molecule has 2 aromatic rings. The number of guanidine groups is 1. The van der Waals surface area contributed by atoms with Crippen molar-refractivity contribution >= 4 is 5.96 Å². The molecule has 2 rings (SSSR count). The average Bonchev–Trinajstić information content (AvgIpc) is 2.76. The summed E-state index contributed by atoms with van der Waals surface area (Å²) in [5.74, 6) is 0.206. The molecule has 0 fully saturated rings.